The molecule has 1 N–H and O–H groups in total. The molecule has 0 aromatic carbocycles. The van der Waals surface area contributed by atoms with Crippen molar-refractivity contribution in [2.45, 2.75) is 38.1 Å². The zero-order valence-electron chi connectivity index (χ0n) is 8.09. The lowest BCUT2D eigenvalue weighted by Crippen LogP contribution is -2.46. The summed E-state index contributed by atoms with van der Waals surface area (Å²) in [5.74, 6) is 0.835. The van der Waals surface area contributed by atoms with E-state index < -0.39 is 0 Å². The largest absolute Gasteiger partial charge is 0.379 e. The average Bonchev–Trinajstić information content (AvgIpc) is 2.20. The van der Waals surface area contributed by atoms with E-state index in [1.54, 1.807) is 0 Å². The Morgan fingerprint density at radius 3 is 2.92 bits per heavy atom. The maximum atomic E-state index is 7.85. The molecule has 2 rings (SSSR count). The highest BCUT2D eigenvalue weighted by atomic mass is 16.5. The van der Waals surface area contributed by atoms with E-state index in [9.17, 15) is 0 Å². The minimum Gasteiger partial charge on any atom is -0.379 e. The van der Waals surface area contributed by atoms with E-state index in [0.29, 0.717) is 6.04 Å². The molecule has 2 aliphatic heterocycles. The first-order valence-electron chi connectivity index (χ1n) is 5.30. The van der Waals surface area contributed by atoms with Crippen molar-refractivity contribution in [3.63, 3.8) is 0 Å². The molecule has 2 fully saturated rings. The first-order valence-corrected chi connectivity index (χ1v) is 5.30. The van der Waals surface area contributed by atoms with Crippen LogP contribution in [0.3, 0.4) is 0 Å². The van der Waals surface area contributed by atoms with Gasteiger partial charge in [0.1, 0.15) is 0 Å². The Kier molecular flexibility index (Phi) is 2.83. The maximum absolute atomic E-state index is 7.85. The monoisotopic (exact) mass is 182 g/mol. The number of nitrogens with zero attached hydrogens (tertiary/aromatic N) is 1. The molecule has 1 atom stereocenters. The third-order valence-electron chi connectivity index (χ3n) is 2.99. The number of rotatable bonds is 1. The third-order valence-corrected chi connectivity index (χ3v) is 2.99. The number of likely N-dealkylation sites (tertiary alicyclic amines) is 1. The van der Waals surface area contributed by atoms with Crippen LogP contribution in [0.25, 0.3) is 0 Å². The summed E-state index contributed by atoms with van der Waals surface area (Å²) in [5, 5.41) is 7.85. The Balaban J connectivity index is 1.92. The molecule has 3 heteroatoms. The lowest BCUT2D eigenvalue weighted by molar-refractivity contribution is 0.0384. The zero-order chi connectivity index (χ0) is 9.10. The fourth-order valence-electron chi connectivity index (χ4n) is 2.23. The summed E-state index contributed by atoms with van der Waals surface area (Å²) < 4.78 is 5.45. The van der Waals surface area contributed by atoms with Gasteiger partial charge < -0.3 is 9.64 Å². The van der Waals surface area contributed by atoms with Crippen molar-refractivity contribution in [3.8, 4) is 0 Å². The number of nitrogens with one attached hydrogen (secondary N) is 1. The van der Waals surface area contributed by atoms with Crippen LogP contribution < -0.4 is 0 Å². The number of hydrogen-bond acceptors (Lipinski definition) is 2. The molecule has 2 aliphatic rings. The highest BCUT2D eigenvalue weighted by Gasteiger charge is 2.25. The van der Waals surface area contributed by atoms with Crippen molar-refractivity contribution < 1.29 is 4.74 Å². The molecule has 74 valence electrons. The second kappa shape index (κ2) is 4.09. The molecule has 3 nitrogen and oxygen atoms in total. The third kappa shape index (κ3) is 2.02. The Hall–Kier alpha value is -0.570. The van der Waals surface area contributed by atoms with Crippen LogP contribution >= 0.6 is 0 Å². The van der Waals surface area contributed by atoms with E-state index in [4.69, 9.17) is 10.1 Å². The van der Waals surface area contributed by atoms with Gasteiger partial charge in [0.15, 0.2) is 0 Å². The van der Waals surface area contributed by atoms with Gasteiger partial charge in [-0.05, 0) is 25.7 Å². The Bertz CT molecular complexity index is 187. The van der Waals surface area contributed by atoms with Gasteiger partial charge in [-0.1, -0.05) is 0 Å². The van der Waals surface area contributed by atoms with Crippen LogP contribution in [0.2, 0.25) is 0 Å². The van der Waals surface area contributed by atoms with Crippen LogP contribution in [0.4, 0.5) is 0 Å². The highest BCUT2D eigenvalue weighted by molar-refractivity contribution is 5.80. The van der Waals surface area contributed by atoms with E-state index >= 15 is 0 Å². The molecule has 0 aliphatic carbocycles. The van der Waals surface area contributed by atoms with Crippen molar-refractivity contribution >= 4 is 5.84 Å². The Morgan fingerprint density at radius 1 is 1.31 bits per heavy atom. The number of hydrogen-bond donors (Lipinski definition) is 1. The SMILES string of the molecule is N=C1CCCCN1C1CCCOC1. The van der Waals surface area contributed by atoms with Crippen molar-refractivity contribution in [1.82, 2.24) is 4.90 Å². The molecule has 0 aromatic rings. The number of piperidine rings is 1. The fourth-order valence-corrected chi connectivity index (χ4v) is 2.23. The van der Waals surface area contributed by atoms with Gasteiger partial charge in [-0.25, -0.2) is 0 Å². The van der Waals surface area contributed by atoms with Gasteiger partial charge in [-0.15, -0.1) is 0 Å². The minimum absolute atomic E-state index is 0.501. The van der Waals surface area contributed by atoms with Crippen LogP contribution in [-0.4, -0.2) is 36.5 Å². The summed E-state index contributed by atoms with van der Waals surface area (Å²) in [4.78, 5) is 2.25. The van der Waals surface area contributed by atoms with Crippen LogP contribution in [-0.2, 0) is 4.74 Å². The summed E-state index contributed by atoms with van der Waals surface area (Å²) in [6.45, 7) is 2.83. The molecule has 0 spiro atoms. The van der Waals surface area contributed by atoms with Crippen LogP contribution in [0.15, 0.2) is 0 Å². The van der Waals surface area contributed by atoms with Crippen LogP contribution in [0.1, 0.15) is 32.1 Å². The lowest BCUT2D eigenvalue weighted by Gasteiger charge is -2.38. The number of ether oxygens (including phenoxy) is 1. The van der Waals surface area contributed by atoms with E-state index in [1.807, 2.05) is 0 Å². The molecule has 0 saturated carbocycles. The van der Waals surface area contributed by atoms with E-state index in [1.165, 1.54) is 19.3 Å². The van der Waals surface area contributed by atoms with Gasteiger partial charge in [0.2, 0.25) is 0 Å². The normalized spacial score (nSPS) is 30.6. The van der Waals surface area contributed by atoms with Crippen LogP contribution in [0, 0.1) is 5.41 Å². The summed E-state index contributed by atoms with van der Waals surface area (Å²) in [5.41, 5.74) is 0. The minimum atomic E-state index is 0.501. The average molecular weight is 182 g/mol. The van der Waals surface area contributed by atoms with Crippen molar-refractivity contribution in [1.29, 1.82) is 5.41 Å². The first kappa shape index (κ1) is 9.00. The molecule has 0 bridgehead atoms. The first-order chi connectivity index (χ1) is 6.38. The van der Waals surface area contributed by atoms with Crippen molar-refractivity contribution in [3.05, 3.63) is 0 Å². The molecule has 0 aromatic heterocycles. The van der Waals surface area contributed by atoms with E-state index in [2.05, 4.69) is 4.90 Å². The summed E-state index contributed by atoms with van der Waals surface area (Å²) >= 11 is 0. The predicted octanol–water partition coefficient (Wildman–Crippen LogP) is 1.63. The van der Waals surface area contributed by atoms with Crippen LogP contribution in [0.5, 0.6) is 0 Å². The fraction of sp³-hybridized carbons (Fsp3) is 0.900. The zero-order valence-corrected chi connectivity index (χ0v) is 8.09. The molecule has 1 unspecified atom stereocenters. The van der Waals surface area contributed by atoms with Gasteiger partial charge in [-0.2, -0.15) is 0 Å². The summed E-state index contributed by atoms with van der Waals surface area (Å²) in [7, 11) is 0. The van der Waals surface area contributed by atoms with Gasteiger partial charge in [0.05, 0.1) is 18.5 Å². The summed E-state index contributed by atoms with van der Waals surface area (Å²) in [6, 6.07) is 0.501. The Labute approximate surface area is 79.6 Å². The molecule has 2 heterocycles. The highest BCUT2D eigenvalue weighted by Crippen LogP contribution is 2.19. The Morgan fingerprint density at radius 2 is 2.23 bits per heavy atom. The summed E-state index contributed by atoms with van der Waals surface area (Å²) in [6.07, 6.45) is 5.79. The van der Waals surface area contributed by atoms with E-state index in [0.717, 1.165) is 38.4 Å². The molecule has 0 amide bonds. The second-order valence-corrected chi connectivity index (χ2v) is 3.97. The maximum Gasteiger partial charge on any atom is 0.0960 e. The predicted molar refractivity (Wildman–Crippen MR) is 52.1 cm³/mol. The lowest BCUT2D eigenvalue weighted by atomic mass is 10.0. The smallest absolute Gasteiger partial charge is 0.0960 e. The topological polar surface area (TPSA) is 36.3 Å². The van der Waals surface area contributed by atoms with Gasteiger partial charge in [0, 0.05) is 19.6 Å². The van der Waals surface area contributed by atoms with Crippen molar-refractivity contribution in [2.75, 3.05) is 19.8 Å². The molecule has 2 saturated heterocycles. The van der Waals surface area contributed by atoms with E-state index in [-0.39, 0.29) is 0 Å². The molecular weight excluding hydrogens is 164 g/mol. The number of amidine groups is 1. The van der Waals surface area contributed by atoms with Gasteiger partial charge in [-0.3, -0.25) is 5.41 Å². The van der Waals surface area contributed by atoms with Gasteiger partial charge in [0.25, 0.3) is 0 Å². The quantitative estimate of drug-likeness (QED) is 0.669. The molecule has 13 heavy (non-hydrogen) atoms. The van der Waals surface area contributed by atoms with Gasteiger partial charge >= 0.3 is 0 Å². The van der Waals surface area contributed by atoms with Crippen molar-refractivity contribution in [2.24, 2.45) is 0 Å². The molecular formula is C10H18N2O. The molecule has 0 radical (unpaired) electrons. The standard InChI is InChI=1S/C10H18N2O/c11-10-5-1-2-6-12(10)9-4-3-7-13-8-9/h9,11H,1-8H2. The second-order valence-electron chi connectivity index (χ2n) is 3.97.